The minimum atomic E-state index is 0.702. The van der Waals surface area contributed by atoms with Gasteiger partial charge in [-0.1, -0.05) is 43.0 Å². The molecule has 0 saturated carbocycles. The normalized spacial score (nSPS) is 12.4. The van der Waals surface area contributed by atoms with Crippen LogP contribution in [0.25, 0.3) is 50.0 Å². The van der Waals surface area contributed by atoms with Crippen LogP contribution in [0.5, 0.6) is 0 Å². The zero-order valence-electron chi connectivity index (χ0n) is 16.5. The molecule has 0 atom stereocenters. The summed E-state index contributed by atoms with van der Waals surface area (Å²) in [5, 5.41) is 14.1. The summed E-state index contributed by atoms with van der Waals surface area (Å²) in [5.41, 5.74) is 8.34. The molecule has 0 aliphatic heterocycles. The average molecular weight is 409 g/mol. The monoisotopic (exact) mass is 408 g/mol. The molecule has 4 nitrogen and oxygen atoms in total. The van der Waals surface area contributed by atoms with Crippen LogP contribution in [0.1, 0.15) is 12.5 Å². The van der Waals surface area contributed by atoms with Gasteiger partial charge in [-0.05, 0) is 58.6 Å². The largest absolute Gasteiger partial charge is 0.353 e. The van der Waals surface area contributed by atoms with Crippen LogP contribution in [0.3, 0.4) is 0 Å². The van der Waals surface area contributed by atoms with Crippen molar-refractivity contribution in [1.82, 2.24) is 20.2 Å². The van der Waals surface area contributed by atoms with E-state index in [0.29, 0.717) is 5.65 Å². The van der Waals surface area contributed by atoms with E-state index < -0.39 is 0 Å². The highest BCUT2D eigenvalue weighted by Crippen LogP contribution is 2.35. The second-order valence-corrected chi connectivity index (χ2v) is 7.77. The highest BCUT2D eigenvalue weighted by atomic mass is 32.1. The first-order valence-corrected chi connectivity index (χ1v) is 10.7. The van der Waals surface area contributed by atoms with Crippen LogP contribution in [0.2, 0.25) is 0 Å². The second-order valence-electron chi connectivity index (χ2n) is 6.99. The van der Waals surface area contributed by atoms with Crippen molar-refractivity contribution in [2.75, 3.05) is 0 Å². The molecule has 0 unspecified atom stereocenters. The molecule has 0 aliphatic carbocycles. The van der Waals surface area contributed by atoms with Gasteiger partial charge in [0.05, 0.1) is 11.4 Å². The van der Waals surface area contributed by atoms with Crippen LogP contribution in [0, 0.1) is 0 Å². The van der Waals surface area contributed by atoms with Crippen LogP contribution in [-0.4, -0.2) is 20.2 Å². The quantitative estimate of drug-likeness (QED) is 0.308. The van der Waals surface area contributed by atoms with Crippen molar-refractivity contribution in [3.8, 4) is 22.5 Å². The third-order valence-electron chi connectivity index (χ3n) is 5.23. The van der Waals surface area contributed by atoms with Crippen LogP contribution >= 0.6 is 11.3 Å². The van der Waals surface area contributed by atoms with E-state index in [1.54, 1.807) is 17.4 Å². The summed E-state index contributed by atoms with van der Waals surface area (Å²) >= 11 is 1.71. The number of fused-ring (bicyclic) bond motifs is 2. The molecule has 5 rings (SSSR count). The molecule has 0 spiro atoms. The molecular weight excluding hydrogens is 388 g/mol. The van der Waals surface area contributed by atoms with E-state index in [1.807, 2.05) is 25.3 Å². The maximum Gasteiger partial charge on any atom is 0.181 e. The van der Waals surface area contributed by atoms with Crippen molar-refractivity contribution in [3.63, 3.8) is 0 Å². The summed E-state index contributed by atoms with van der Waals surface area (Å²) in [6, 6.07) is 12.8. The van der Waals surface area contributed by atoms with Crippen LogP contribution in [0.4, 0.5) is 0 Å². The van der Waals surface area contributed by atoms with E-state index in [2.05, 4.69) is 80.0 Å². The number of aromatic nitrogens is 4. The molecular formula is C25H20N4S. The fourth-order valence-corrected chi connectivity index (χ4v) is 4.41. The Bertz CT molecular complexity index is 1410. The fraction of sp³-hybridized carbons (Fsp3) is 0.0400. The van der Waals surface area contributed by atoms with Gasteiger partial charge >= 0.3 is 0 Å². The predicted molar refractivity (Wildman–Crippen MR) is 127 cm³/mol. The van der Waals surface area contributed by atoms with Crippen molar-refractivity contribution in [2.45, 2.75) is 6.92 Å². The van der Waals surface area contributed by atoms with Gasteiger partial charge in [0.1, 0.15) is 0 Å². The molecule has 0 amide bonds. The summed E-state index contributed by atoms with van der Waals surface area (Å²) in [6.45, 7) is 5.77. The van der Waals surface area contributed by atoms with Gasteiger partial charge in [0.15, 0.2) is 5.65 Å². The van der Waals surface area contributed by atoms with Gasteiger partial charge in [-0.15, -0.1) is 0 Å². The molecule has 1 aromatic carbocycles. The number of nitrogens with zero attached hydrogens (tertiary/aromatic N) is 2. The summed E-state index contributed by atoms with van der Waals surface area (Å²) in [6.07, 6.45) is 9.66. The molecule has 0 aliphatic rings. The van der Waals surface area contributed by atoms with Gasteiger partial charge in [0.25, 0.3) is 0 Å². The summed E-state index contributed by atoms with van der Waals surface area (Å²) in [5.74, 6) is 0. The summed E-state index contributed by atoms with van der Waals surface area (Å²) in [4.78, 5) is 8.11. The Morgan fingerprint density at radius 2 is 2.10 bits per heavy atom. The Morgan fingerprint density at radius 3 is 2.90 bits per heavy atom. The zero-order valence-corrected chi connectivity index (χ0v) is 17.3. The number of rotatable bonds is 5. The average Bonchev–Trinajstić information content (AvgIpc) is 3.52. The maximum atomic E-state index is 4.56. The Balaban J connectivity index is 1.65. The number of H-pyrrole nitrogens is 2. The number of nitrogens with one attached hydrogen (secondary N) is 2. The van der Waals surface area contributed by atoms with Crippen molar-refractivity contribution >= 4 is 38.8 Å². The third kappa shape index (κ3) is 3.09. The lowest BCUT2D eigenvalue weighted by Gasteiger charge is -2.02. The topological polar surface area (TPSA) is 57.4 Å². The molecule has 146 valence electrons. The number of hydrogen-bond donors (Lipinski definition) is 2. The number of thiophene rings is 1. The number of hydrogen-bond acceptors (Lipinski definition) is 3. The standard InChI is InChI=1S/C25H20N4S/c1-3-5-7-16(4-2)18-12-21-24(28-29-25(21)26-14-18)23-13-20-19(17-10-11-30-15-17)8-6-9-22(20)27-23/h3-15,27H,1H2,2H3,(H,26,28,29)/b7-5-,16-4+. The first kappa shape index (κ1) is 18.3. The SMILES string of the molecule is C=C/C=C\C(=C/C)c1cnc2n[nH]c(-c3cc4c(-c5ccsc5)cccc4[nH]3)c2c1. The van der Waals surface area contributed by atoms with Gasteiger partial charge < -0.3 is 4.98 Å². The summed E-state index contributed by atoms with van der Waals surface area (Å²) in [7, 11) is 0. The van der Waals surface area contributed by atoms with Gasteiger partial charge in [0.2, 0.25) is 0 Å². The molecule has 2 N–H and O–H groups in total. The van der Waals surface area contributed by atoms with Gasteiger partial charge in [-0.25, -0.2) is 4.98 Å². The lowest BCUT2D eigenvalue weighted by Crippen LogP contribution is -1.85. The van der Waals surface area contributed by atoms with E-state index >= 15 is 0 Å². The minimum Gasteiger partial charge on any atom is -0.353 e. The maximum absolute atomic E-state index is 4.56. The molecule has 0 radical (unpaired) electrons. The highest BCUT2D eigenvalue weighted by Gasteiger charge is 2.14. The van der Waals surface area contributed by atoms with Crippen molar-refractivity contribution in [2.24, 2.45) is 0 Å². The number of allylic oxidation sites excluding steroid dienone is 5. The second kappa shape index (κ2) is 7.61. The lowest BCUT2D eigenvalue weighted by molar-refractivity contribution is 1.10. The Labute approximate surface area is 178 Å². The van der Waals surface area contributed by atoms with Crippen molar-refractivity contribution in [1.29, 1.82) is 0 Å². The number of aromatic amines is 2. The molecule has 4 aromatic heterocycles. The van der Waals surface area contributed by atoms with Crippen molar-refractivity contribution in [3.05, 3.63) is 89.8 Å². The van der Waals surface area contributed by atoms with Gasteiger partial charge in [0, 0.05) is 28.0 Å². The van der Waals surface area contributed by atoms with E-state index in [1.165, 1.54) is 16.5 Å². The van der Waals surface area contributed by atoms with Crippen LogP contribution in [0.15, 0.2) is 84.2 Å². The number of benzene rings is 1. The molecule has 0 fully saturated rings. The van der Waals surface area contributed by atoms with Gasteiger partial charge in [-0.3, -0.25) is 5.10 Å². The Hall–Kier alpha value is -3.70. The van der Waals surface area contributed by atoms with E-state index in [0.717, 1.165) is 33.4 Å². The smallest absolute Gasteiger partial charge is 0.181 e. The molecule has 0 saturated heterocycles. The third-order valence-corrected chi connectivity index (χ3v) is 5.91. The molecule has 4 heterocycles. The molecule has 30 heavy (non-hydrogen) atoms. The van der Waals surface area contributed by atoms with Crippen molar-refractivity contribution < 1.29 is 0 Å². The molecule has 5 aromatic rings. The van der Waals surface area contributed by atoms with Crippen LogP contribution < -0.4 is 0 Å². The Kier molecular flexibility index (Phi) is 4.65. The number of pyridine rings is 1. The zero-order chi connectivity index (χ0) is 20.5. The van der Waals surface area contributed by atoms with E-state index in [4.69, 9.17) is 0 Å². The first-order valence-electron chi connectivity index (χ1n) is 9.73. The minimum absolute atomic E-state index is 0.702. The fourth-order valence-electron chi connectivity index (χ4n) is 3.75. The Morgan fingerprint density at radius 1 is 1.17 bits per heavy atom. The molecule has 5 heteroatoms. The lowest BCUT2D eigenvalue weighted by atomic mass is 10.0. The molecule has 0 bridgehead atoms. The first-order chi connectivity index (χ1) is 14.8. The van der Waals surface area contributed by atoms with E-state index in [-0.39, 0.29) is 0 Å². The summed E-state index contributed by atoms with van der Waals surface area (Å²) < 4.78 is 0. The predicted octanol–water partition coefficient (Wildman–Crippen LogP) is 6.98. The highest BCUT2D eigenvalue weighted by molar-refractivity contribution is 7.08. The van der Waals surface area contributed by atoms with Gasteiger partial charge in [-0.2, -0.15) is 16.4 Å². The van der Waals surface area contributed by atoms with Crippen LogP contribution in [-0.2, 0) is 0 Å². The van der Waals surface area contributed by atoms with E-state index in [9.17, 15) is 0 Å².